The van der Waals surface area contributed by atoms with Crippen LogP contribution in [0.4, 0.5) is 0 Å². The minimum absolute atomic E-state index is 0.180. The van der Waals surface area contributed by atoms with Crippen molar-refractivity contribution < 1.29 is 15.0 Å². The van der Waals surface area contributed by atoms with Crippen LogP contribution in [0.5, 0.6) is 0 Å². The molecule has 5 nitrogen and oxygen atoms in total. The summed E-state index contributed by atoms with van der Waals surface area (Å²) in [5.74, 6) is -1.00. The number of nitrogens with zero attached hydrogens (tertiary/aromatic N) is 2. The minimum Gasteiger partial charge on any atom is -0.478 e. The van der Waals surface area contributed by atoms with E-state index in [1.165, 1.54) is 10.6 Å². The van der Waals surface area contributed by atoms with Gasteiger partial charge in [0.05, 0.1) is 23.4 Å². The van der Waals surface area contributed by atoms with Gasteiger partial charge in [-0.1, -0.05) is 0 Å². The van der Waals surface area contributed by atoms with Crippen molar-refractivity contribution in [2.45, 2.75) is 6.61 Å². The largest absolute Gasteiger partial charge is 0.478 e. The predicted molar refractivity (Wildman–Crippen MR) is 48.1 cm³/mol. The fourth-order valence-corrected chi connectivity index (χ4v) is 1.32. The second kappa shape index (κ2) is 3.12. The second-order valence-corrected chi connectivity index (χ2v) is 2.85. The number of carboxylic acids is 1. The minimum atomic E-state index is -1.00. The summed E-state index contributed by atoms with van der Waals surface area (Å²) in [5.41, 5.74) is 1.13. The Balaban J connectivity index is 2.73. The highest BCUT2D eigenvalue weighted by molar-refractivity contribution is 5.95. The average Bonchev–Trinajstić information content (AvgIpc) is 2.59. The lowest BCUT2D eigenvalue weighted by molar-refractivity contribution is 0.0698. The Bertz CT molecular complexity index is 490. The van der Waals surface area contributed by atoms with Crippen LogP contribution in [0, 0.1) is 0 Å². The molecule has 0 unspecified atom stereocenters. The van der Waals surface area contributed by atoms with Crippen molar-refractivity contribution in [2.24, 2.45) is 0 Å². The highest BCUT2D eigenvalue weighted by Crippen LogP contribution is 2.12. The van der Waals surface area contributed by atoms with Crippen molar-refractivity contribution in [3.8, 4) is 0 Å². The molecule has 0 saturated carbocycles. The second-order valence-electron chi connectivity index (χ2n) is 2.85. The number of fused-ring (bicyclic) bond motifs is 1. The third-order valence-electron chi connectivity index (χ3n) is 1.94. The molecule has 72 valence electrons. The molecule has 0 radical (unpaired) electrons. The summed E-state index contributed by atoms with van der Waals surface area (Å²) < 4.78 is 1.44. The van der Waals surface area contributed by atoms with Gasteiger partial charge in [-0.2, -0.15) is 5.10 Å². The molecule has 2 aromatic heterocycles. The zero-order valence-corrected chi connectivity index (χ0v) is 7.21. The predicted octanol–water partition coefficient (Wildman–Crippen LogP) is 0.525. The molecule has 0 aliphatic rings. The quantitative estimate of drug-likeness (QED) is 0.727. The Hall–Kier alpha value is -1.88. The van der Waals surface area contributed by atoms with Crippen LogP contribution in [0.15, 0.2) is 24.4 Å². The van der Waals surface area contributed by atoms with Crippen LogP contribution in [-0.2, 0) is 6.61 Å². The molecule has 2 N–H and O–H groups in total. The number of aromatic nitrogens is 2. The van der Waals surface area contributed by atoms with E-state index in [2.05, 4.69) is 5.10 Å². The maximum atomic E-state index is 10.8. The molecule has 2 rings (SSSR count). The number of carbonyl (C=O) groups is 1. The van der Waals surface area contributed by atoms with Crippen LogP contribution in [-0.4, -0.2) is 25.8 Å². The molecule has 0 aliphatic carbocycles. The van der Waals surface area contributed by atoms with Gasteiger partial charge >= 0.3 is 5.97 Å². The van der Waals surface area contributed by atoms with E-state index in [0.29, 0.717) is 11.2 Å². The first kappa shape index (κ1) is 8.71. The summed E-state index contributed by atoms with van der Waals surface area (Å²) in [6.07, 6.45) is 1.64. The fourth-order valence-electron chi connectivity index (χ4n) is 1.32. The molecule has 0 fully saturated rings. The zero-order valence-electron chi connectivity index (χ0n) is 7.21. The monoisotopic (exact) mass is 192 g/mol. The highest BCUT2D eigenvalue weighted by atomic mass is 16.4. The molecule has 0 saturated heterocycles. The number of hydrogen-bond donors (Lipinski definition) is 2. The Morgan fingerprint density at radius 1 is 1.57 bits per heavy atom. The van der Waals surface area contributed by atoms with Crippen molar-refractivity contribution in [3.05, 3.63) is 35.7 Å². The Morgan fingerprint density at radius 2 is 2.36 bits per heavy atom. The standard InChI is InChI=1S/C9H8N2O3/c12-5-6-4-8-7(9(13)14)2-1-3-11(8)10-6/h1-4,12H,5H2,(H,13,14). The number of aliphatic hydroxyl groups is 1. The third kappa shape index (κ3) is 1.23. The van der Waals surface area contributed by atoms with Crippen LogP contribution >= 0.6 is 0 Å². The number of aromatic carboxylic acids is 1. The molecule has 0 amide bonds. The SMILES string of the molecule is O=C(O)c1cccn2nc(CO)cc12. The van der Waals surface area contributed by atoms with Gasteiger partial charge < -0.3 is 10.2 Å². The van der Waals surface area contributed by atoms with E-state index in [-0.39, 0.29) is 12.2 Å². The molecule has 0 atom stereocenters. The first-order chi connectivity index (χ1) is 6.72. The molecule has 2 heterocycles. The first-order valence-corrected chi connectivity index (χ1v) is 4.04. The Labute approximate surface area is 79.2 Å². The summed E-state index contributed by atoms with van der Waals surface area (Å²) in [4.78, 5) is 10.8. The van der Waals surface area contributed by atoms with E-state index in [4.69, 9.17) is 10.2 Å². The molecular formula is C9H8N2O3. The van der Waals surface area contributed by atoms with Gasteiger partial charge in [0.15, 0.2) is 0 Å². The molecule has 5 heteroatoms. The van der Waals surface area contributed by atoms with Gasteiger partial charge in [-0.05, 0) is 18.2 Å². The van der Waals surface area contributed by atoms with Crippen molar-refractivity contribution in [2.75, 3.05) is 0 Å². The molecule has 0 aromatic carbocycles. The van der Waals surface area contributed by atoms with Crippen LogP contribution in [0.3, 0.4) is 0 Å². The van der Waals surface area contributed by atoms with Crippen LogP contribution in [0.2, 0.25) is 0 Å². The fraction of sp³-hybridized carbons (Fsp3) is 0.111. The topological polar surface area (TPSA) is 74.8 Å². The number of carboxylic acid groups (broad SMARTS) is 1. The van der Waals surface area contributed by atoms with E-state index in [0.717, 1.165) is 0 Å². The molecule has 0 aliphatic heterocycles. The number of rotatable bonds is 2. The van der Waals surface area contributed by atoms with Gasteiger partial charge in [-0.25, -0.2) is 9.31 Å². The summed E-state index contributed by atoms with van der Waals surface area (Å²) >= 11 is 0. The van der Waals surface area contributed by atoms with Crippen LogP contribution < -0.4 is 0 Å². The van der Waals surface area contributed by atoms with E-state index in [1.807, 2.05) is 0 Å². The van der Waals surface area contributed by atoms with E-state index >= 15 is 0 Å². The molecule has 2 aromatic rings. The van der Waals surface area contributed by atoms with Crippen LogP contribution in [0.1, 0.15) is 16.1 Å². The van der Waals surface area contributed by atoms with Gasteiger partial charge in [0.2, 0.25) is 0 Å². The lowest BCUT2D eigenvalue weighted by atomic mass is 10.2. The van der Waals surface area contributed by atoms with Crippen molar-refractivity contribution in [1.82, 2.24) is 9.61 Å². The smallest absolute Gasteiger partial charge is 0.337 e. The Morgan fingerprint density at radius 3 is 3.00 bits per heavy atom. The highest BCUT2D eigenvalue weighted by Gasteiger charge is 2.10. The maximum Gasteiger partial charge on any atom is 0.337 e. The number of hydrogen-bond acceptors (Lipinski definition) is 3. The van der Waals surface area contributed by atoms with Gasteiger partial charge in [-0.15, -0.1) is 0 Å². The number of pyridine rings is 1. The lowest BCUT2D eigenvalue weighted by Gasteiger charge is -1.96. The molecule has 0 bridgehead atoms. The average molecular weight is 192 g/mol. The van der Waals surface area contributed by atoms with Gasteiger partial charge in [0.25, 0.3) is 0 Å². The maximum absolute atomic E-state index is 10.8. The Kier molecular flexibility index (Phi) is 1.94. The van der Waals surface area contributed by atoms with E-state index in [1.54, 1.807) is 18.3 Å². The third-order valence-corrected chi connectivity index (χ3v) is 1.94. The normalized spacial score (nSPS) is 10.6. The molecular weight excluding hydrogens is 184 g/mol. The summed E-state index contributed by atoms with van der Waals surface area (Å²) in [7, 11) is 0. The summed E-state index contributed by atoms with van der Waals surface area (Å²) in [6.45, 7) is -0.194. The zero-order chi connectivity index (χ0) is 10.1. The number of aliphatic hydroxyl groups excluding tert-OH is 1. The first-order valence-electron chi connectivity index (χ1n) is 4.04. The van der Waals surface area contributed by atoms with Crippen molar-refractivity contribution >= 4 is 11.5 Å². The molecule has 14 heavy (non-hydrogen) atoms. The van der Waals surface area contributed by atoms with Crippen molar-refractivity contribution in [3.63, 3.8) is 0 Å². The summed E-state index contributed by atoms with van der Waals surface area (Å²) in [6, 6.07) is 4.66. The summed E-state index contributed by atoms with van der Waals surface area (Å²) in [5, 5.41) is 21.7. The van der Waals surface area contributed by atoms with Crippen LogP contribution in [0.25, 0.3) is 5.52 Å². The van der Waals surface area contributed by atoms with E-state index < -0.39 is 5.97 Å². The van der Waals surface area contributed by atoms with Gasteiger partial charge in [-0.3, -0.25) is 0 Å². The molecule has 0 spiro atoms. The lowest BCUT2D eigenvalue weighted by Crippen LogP contribution is -1.99. The van der Waals surface area contributed by atoms with Crippen molar-refractivity contribution in [1.29, 1.82) is 0 Å². The van der Waals surface area contributed by atoms with Gasteiger partial charge in [0, 0.05) is 6.20 Å². The van der Waals surface area contributed by atoms with Gasteiger partial charge in [0.1, 0.15) is 0 Å². The van der Waals surface area contributed by atoms with E-state index in [9.17, 15) is 4.79 Å².